The maximum Gasteiger partial charge on any atom is 0.227 e. The van der Waals surface area contributed by atoms with Crippen LogP contribution in [0.25, 0.3) is 0 Å². The fourth-order valence-corrected chi connectivity index (χ4v) is 3.99. The number of carbonyl (C=O) groups excluding carboxylic acids is 2. The van der Waals surface area contributed by atoms with Crippen molar-refractivity contribution in [3.05, 3.63) is 78.4 Å². The number of hydrogen-bond donors (Lipinski definition) is 1. The Hall–Kier alpha value is -3.06. The predicted molar refractivity (Wildman–Crippen MR) is 118 cm³/mol. The first-order chi connectivity index (χ1) is 14.6. The van der Waals surface area contributed by atoms with E-state index in [1.54, 1.807) is 29.2 Å². The highest BCUT2D eigenvalue weighted by Crippen LogP contribution is 2.27. The monoisotopic (exact) mass is 420 g/mol. The predicted octanol–water partition coefficient (Wildman–Crippen LogP) is 3.32. The van der Waals surface area contributed by atoms with Crippen LogP contribution in [0.2, 0.25) is 0 Å². The molecule has 1 N–H and O–H groups in total. The van der Waals surface area contributed by atoms with Crippen molar-refractivity contribution in [1.29, 1.82) is 0 Å². The Bertz CT molecular complexity index is 1000. The van der Waals surface area contributed by atoms with Crippen molar-refractivity contribution in [1.82, 2.24) is 14.9 Å². The maximum atomic E-state index is 12.6. The molecule has 30 heavy (non-hydrogen) atoms. The molecule has 7 heteroatoms. The highest BCUT2D eigenvalue weighted by Gasteiger charge is 2.34. The molecule has 1 aliphatic heterocycles. The SMILES string of the molecule is CSc1ccc(N2CC(C(=O)NCc3ccc(Cn4ccnc4)cc3)CC2=O)cc1. The standard InChI is InChI=1S/C23H24N4O2S/c1-30-21-8-6-20(7-9-21)27-15-19(12-22(27)28)23(29)25-13-17-2-4-18(5-3-17)14-26-11-10-24-16-26/h2-11,16,19H,12-15H2,1H3,(H,25,29). The zero-order chi connectivity index (χ0) is 20.9. The molecule has 0 bridgehead atoms. The quantitative estimate of drug-likeness (QED) is 0.596. The third-order valence-electron chi connectivity index (χ3n) is 5.29. The van der Waals surface area contributed by atoms with Gasteiger partial charge in [0.05, 0.1) is 12.2 Å². The average Bonchev–Trinajstić information content (AvgIpc) is 3.43. The van der Waals surface area contributed by atoms with E-state index in [1.807, 2.05) is 53.4 Å². The highest BCUT2D eigenvalue weighted by molar-refractivity contribution is 7.98. The van der Waals surface area contributed by atoms with Crippen LogP contribution in [0.4, 0.5) is 5.69 Å². The summed E-state index contributed by atoms with van der Waals surface area (Å²) in [6, 6.07) is 16.0. The molecule has 0 saturated carbocycles. The number of aromatic nitrogens is 2. The summed E-state index contributed by atoms with van der Waals surface area (Å²) in [6.45, 7) is 1.65. The van der Waals surface area contributed by atoms with Crippen LogP contribution in [0.3, 0.4) is 0 Å². The van der Waals surface area contributed by atoms with Crippen molar-refractivity contribution in [2.45, 2.75) is 24.4 Å². The van der Waals surface area contributed by atoms with E-state index in [4.69, 9.17) is 0 Å². The van der Waals surface area contributed by atoms with Gasteiger partial charge in [-0.2, -0.15) is 0 Å². The number of rotatable bonds is 7. The topological polar surface area (TPSA) is 67.2 Å². The maximum absolute atomic E-state index is 12.6. The van der Waals surface area contributed by atoms with E-state index >= 15 is 0 Å². The number of amides is 2. The van der Waals surface area contributed by atoms with Crippen molar-refractivity contribution in [3.8, 4) is 0 Å². The van der Waals surface area contributed by atoms with E-state index in [0.717, 1.165) is 22.7 Å². The summed E-state index contributed by atoms with van der Waals surface area (Å²) < 4.78 is 2.01. The van der Waals surface area contributed by atoms with Crippen LogP contribution < -0.4 is 10.2 Å². The van der Waals surface area contributed by atoms with Gasteiger partial charge in [0.25, 0.3) is 0 Å². The van der Waals surface area contributed by atoms with Gasteiger partial charge in [-0.3, -0.25) is 9.59 Å². The van der Waals surface area contributed by atoms with Crippen LogP contribution in [0.1, 0.15) is 17.5 Å². The minimum Gasteiger partial charge on any atom is -0.352 e. The lowest BCUT2D eigenvalue weighted by Crippen LogP contribution is -2.32. The lowest BCUT2D eigenvalue weighted by atomic mass is 10.1. The van der Waals surface area contributed by atoms with Crippen LogP contribution in [0.5, 0.6) is 0 Å². The summed E-state index contributed by atoms with van der Waals surface area (Å²) in [5.41, 5.74) is 3.06. The minimum atomic E-state index is -0.321. The lowest BCUT2D eigenvalue weighted by Gasteiger charge is -2.17. The summed E-state index contributed by atoms with van der Waals surface area (Å²) in [7, 11) is 0. The van der Waals surface area contributed by atoms with Gasteiger partial charge in [-0.15, -0.1) is 11.8 Å². The molecular formula is C23H24N4O2S. The van der Waals surface area contributed by atoms with Gasteiger partial charge in [0.1, 0.15) is 0 Å². The van der Waals surface area contributed by atoms with Crippen LogP contribution in [0.15, 0.2) is 72.1 Å². The summed E-state index contributed by atoms with van der Waals surface area (Å²) >= 11 is 1.66. The summed E-state index contributed by atoms with van der Waals surface area (Å²) in [4.78, 5) is 31.9. The molecular weight excluding hydrogens is 396 g/mol. The molecule has 1 saturated heterocycles. The van der Waals surface area contributed by atoms with Gasteiger partial charge >= 0.3 is 0 Å². The van der Waals surface area contributed by atoms with Gasteiger partial charge in [-0.1, -0.05) is 24.3 Å². The molecule has 4 rings (SSSR count). The second-order valence-corrected chi connectivity index (χ2v) is 8.25. The molecule has 154 valence electrons. The number of thioether (sulfide) groups is 1. The third-order valence-corrected chi connectivity index (χ3v) is 6.04. The second-order valence-electron chi connectivity index (χ2n) is 7.37. The van der Waals surface area contributed by atoms with E-state index in [-0.39, 0.29) is 24.2 Å². The Balaban J connectivity index is 1.30. The minimum absolute atomic E-state index is 0.00379. The second kappa shape index (κ2) is 9.17. The van der Waals surface area contributed by atoms with E-state index in [2.05, 4.69) is 22.4 Å². The molecule has 2 amide bonds. The molecule has 1 fully saturated rings. The van der Waals surface area contributed by atoms with E-state index < -0.39 is 0 Å². The fourth-order valence-electron chi connectivity index (χ4n) is 3.58. The zero-order valence-electron chi connectivity index (χ0n) is 16.8. The first-order valence-corrected chi connectivity index (χ1v) is 11.1. The van der Waals surface area contributed by atoms with Gasteiger partial charge in [0.15, 0.2) is 0 Å². The molecule has 0 aliphatic carbocycles. The molecule has 1 atom stereocenters. The Kier molecular flexibility index (Phi) is 6.18. The number of nitrogens with zero attached hydrogens (tertiary/aromatic N) is 3. The average molecular weight is 421 g/mol. The Morgan fingerprint density at radius 1 is 1.13 bits per heavy atom. The van der Waals surface area contributed by atoms with Crippen molar-refractivity contribution in [2.75, 3.05) is 17.7 Å². The summed E-state index contributed by atoms with van der Waals surface area (Å²) in [6.07, 6.45) is 7.75. The lowest BCUT2D eigenvalue weighted by molar-refractivity contribution is -0.126. The first kappa shape index (κ1) is 20.2. The molecule has 1 unspecified atom stereocenters. The van der Waals surface area contributed by atoms with Crippen molar-refractivity contribution >= 4 is 29.3 Å². The number of imidazole rings is 1. The largest absolute Gasteiger partial charge is 0.352 e. The van der Waals surface area contributed by atoms with E-state index in [1.165, 1.54) is 5.56 Å². The van der Waals surface area contributed by atoms with Crippen molar-refractivity contribution < 1.29 is 9.59 Å². The van der Waals surface area contributed by atoms with Crippen LogP contribution in [-0.2, 0) is 22.7 Å². The van der Waals surface area contributed by atoms with Crippen LogP contribution in [-0.4, -0.2) is 34.2 Å². The third kappa shape index (κ3) is 4.74. The number of nitrogens with one attached hydrogen (secondary N) is 1. The molecule has 6 nitrogen and oxygen atoms in total. The molecule has 2 aromatic carbocycles. The van der Waals surface area contributed by atoms with Gasteiger partial charge in [0, 0.05) is 49.0 Å². The van der Waals surface area contributed by atoms with E-state index in [9.17, 15) is 9.59 Å². The fraction of sp³-hybridized carbons (Fsp3) is 0.261. The van der Waals surface area contributed by atoms with Crippen molar-refractivity contribution in [3.63, 3.8) is 0 Å². The highest BCUT2D eigenvalue weighted by atomic mass is 32.2. The molecule has 3 aromatic rings. The molecule has 2 heterocycles. The van der Waals surface area contributed by atoms with Crippen LogP contribution >= 0.6 is 11.8 Å². The Labute approximate surface area is 180 Å². The van der Waals surface area contributed by atoms with Crippen molar-refractivity contribution in [2.24, 2.45) is 5.92 Å². The number of carbonyl (C=O) groups is 2. The smallest absolute Gasteiger partial charge is 0.227 e. The first-order valence-electron chi connectivity index (χ1n) is 9.88. The summed E-state index contributed by atoms with van der Waals surface area (Å²) in [5.74, 6) is -0.400. The van der Waals surface area contributed by atoms with Gasteiger partial charge in [0.2, 0.25) is 11.8 Å². The number of hydrogen-bond acceptors (Lipinski definition) is 4. The Morgan fingerprint density at radius 3 is 2.53 bits per heavy atom. The zero-order valence-corrected chi connectivity index (χ0v) is 17.6. The molecule has 1 aromatic heterocycles. The normalized spacial score (nSPS) is 16.1. The molecule has 0 radical (unpaired) electrons. The number of benzene rings is 2. The van der Waals surface area contributed by atoms with E-state index in [0.29, 0.717) is 13.1 Å². The number of anilines is 1. The Morgan fingerprint density at radius 2 is 1.87 bits per heavy atom. The summed E-state index contributed by atoms with van der Waals surface area (Å²) in [5, 5.41) is 2.98. The molecule has 0 spiro atoms. The van der Waals surface area contributed by atoms with Gasteiger partial charge in [-0.25, -0.2) is 4.98 Å². The van der Waals surface area contributed by atoms with Gasteiger partial charge in [-0.05, 0) is 41.6 Å². The molecule has 1 aliphatic rings. The van der Waals surface area contributed by atoms with Gasteiger partial charge < -0.3 is 14.8 Å². The van der Waals surface area contributed by atoms with Crippen LogP contribution in [0, 0.1) is 5.92 Å².